The topological polar surface area (TPSA) is 62.7 Å². The quantitative estimate of drug-likeness (QED) is 0.563. The first kappa shape index (κ1) is 12.3. The van der Waals surface area contributed by atoms with Crippen LogP contribution in [0.1, 0.15) is 10.4 Å². The van der Waals surface area contributed by atoms with Crippen LogP contribution in [0.3, 0.4) is 0 Å². The summed E-state index contributed by atoms with van der Waals surface area (Å²) in [7, 11) is 1.34. The minimum atomic E-state index is -0.389. The van der Waals surface area contributed by atoms with E-state index in [-0.39, 0.29) is 5.97 Å². The monoisotopic (exact) mass is 249 g/mol. The first-order valence-electron chi connectivity index (χ1n) is 5.73. The van der Waals surface area contributed by atoms with Crippen LogP contribution in [0.15, 0.2) is 18.3 Å². The Morgan fingerprint density at radius 2 is 2.06 bits per heavy atom. The Kier molecular flexibility index (Phi) is 3.76. The van der Waals surface area contributed by atoms with Gasteiger partial charge in [-0.1, -0.05) is 0 Å². The summed E-state index contributed by atoms with van der Waals surface area (Å²) < 4.78 is 4.61. The number of nitrogens with zero attached hydrogens (tertiary/aromatic N) is 3. The average molecular weight is 249 g/mol. The molecule has 1 aliphatic rings. The van der Waals surface area contributed by atoms with Crippen LogP contribution in [0, 0.1) is 0 Å². The lowest BCUT2D eigenvalue weighted by atomic mass is 10.2. The van der Waals surface area contributed by atoms with E-state index in [9.17, 15) is 9.59 Å². The molecule has 1 fully saturated rings. The number of methoxy groups -OCH3 is 1. The Bertz CT molecular complexity index is 425. The van der Waals surface area contributed by atoms with Crippen LogP contribution in [0.4, 0.5) is 5.82 Å². The molecule has 0 bridgehead atoms. The van der Waals surface area contributed by atoms with E-state index in [1.165, 1.54) is 13.3 Å². The van der Waals surface area contributed by atoms with Crippen LogP contribution in [0.5, 0.6) is 0 Å². The highest BCUT2D eigenvalue weighted by Gasteiger charge is 2.17. The number of esters is 1. The first-order valence-corrected chi connectivity index (χ1v) is 5.73. The number of hydrogen-bond acceptors (Lipinski definition) is 5. The molecule has 0 atom stereocenters. The van der Waals surface area contributed by atoms with Crippen molar-refractivity contribution in [1.29, 1.82) is 0 Å². The van der Waals surface area contributed by atoms with E-state index < -0.39 is 0 Å². The van der Waals surface area contributed by atoms with Crippen molar-refractivity contribution in [3.8, 4) is 0 Å². The van der Waals surface area contributed by atoms with Crippen molar-refractivity contribution in [1.82, 2.24) is 9.88 Å². The summed E-state index contributed by atoms with van der Waals surface area (Å²) >= 11 is 0. The van der Waals surface area contributed by atoms with Gasteiger partial charge in [-0.05, 0) is 12.1 Å². The van der Waals surface area contributed by atoms with E-state index in [4.69, 9.17) is 0 Å². The molecule has 1 aromatic heterocycles. The van der Waals surface area contributed by atoms with E-state index in [2.05, 4.69) is 14.6 Å². The summed E-state index contributed by atoms with van der Waals surface area (Å²) in [5.41, 5.74) is 0.438. The number of piperazine rings is 1. The van der Waals surface area contributed by atoms with Gasteiger partial charge in [0.1, 0.15) is 5.82 Å². The van der Waals surface area contributed by atoms with Crippen LogP contribution in [-0.4, -0.2) is 55.6 Å². The normalized spacial score (nSPS) is 15.4. The molecule has 2 heterocycles. The van der Waals surface area contributed by atoms with Crippen LogP contribution in [0.25, 0.3) is 0 Å². The summed E-state index contributed by atoms with van der Waals surface area (Å²) in [4.78, 5) is 29.9. The van der Waals surface area contributed by atoms with E-state index in [1.54, 1.807) is 17.0 Å². The molecule has 0 spiro atoms. The standard InChI is InChI=1S/C12H15N3O3/c1-18-12(17)10-2-3-11(13-8-10)15-6-4-14(9-16)5-7-15/h2-3,8-9H,4-7H2,1H3. The fraction of sp³-hybridized carbons (Fsp3) is 0.417. The molecule has 0 aliphatic carbocycles. The Morgan fingerprint density at radius 3 is 2.56 bits per heavy atom. The zero-order valence-electron chi connectivity index (χ0n) is 10.2. The molecule has 1 saturated heterocycles. The highest BCUT2D eigenvalue weighted by molar-refractivity contribution is 5.89. The minimum Gasteiger partial charge on any atom is -0.465 e. The van der Waals surface area contributed by atoms with Gasteiger partial charge in [0.15, 0.2) is 0 Å². The average Bonchev–Trinajstić information content (AvgIpc) is 2.47. The molecule has 6 heteroatoms. The number of carbonyl (C=O) groups excluding carboxylic acids is 2. The number of hydrogen-bond donors (Lipinski definition) is 0. The molecule has 18 heavy (non-hydrogen) atoms. The maximum absolute atomic E-state index is 11.3. The van der Waals surface area contributed by atoms with E-state index in [0.29, 0.717) is 18.7 Å². The van der Waals surface area contributed by atoms with Crippen molar-refractivity contribution in [2.75, 3.05) is 38.2 Å². The molecule has 6 nitrogen and oxygen atoms in total. The van der Waals surface area contributed by atoms with Gasteiger partial charge in [0.25, 0.3) is 0 Å². The van der Waals surface area contributed by atoms with Gasteiger partial charge < -0.3 is 14.5 Å². The van der Waals surface area contributed by atoms with Crippen molar-refractivity contribution in [3.63, 3.8) is 0 Å². The highest BCUT2D eigenvalue weighted by atomic mass is 16.5. The lowest BCUT2D eigenvalue weighted by molar-refractivity contribution is -0.118. The van der Waals surface area contributed by atoms with Crippen LogP contribution in [-0.2, 0) is 9.53 Å². The number of amides is 1. The summed E-state index contributed by atoms with van der Waals surface area (Å²) in [5.74, 6) is 0.424. The Labute approximate surface area is 105 Å². The predicted octanol–water partition coefficient (Wildman–Crippen LogP) is 0.147. The smallest absolute Gasteiger partial charge is 0.339 e. The molecule has 0 radical (unpaired) electrons. The molecule has 0 N–H and O–H groups in total. The third kappa shape index (κ3) is 2.58. The van der Waals surface area contributed by atoms with Crippen LogP contribution < -0.4 is 4.90 Å². The molecule has 1 amide bonds. The van der Waals surface area contributed by atoms with E-state index in [1.807, 2.05) is 0 Å². The van der Waals surface area contributed by atoms with Crippen LogP contribution in [0.2, 0.25) is 0 Å². The molecule has 96 valence electrons. The second-order valence-electron chi connectivity index (χ2n) is 4.03. The second-order valence-corrected chi connectivity index (χ2v) is 4.03. The van der Waals surface area contributed by atoms with Gasteiger partial charge in [-0.3, -0.25) is 4.79 Å². The lowest BCUT2D eigenvalue weighted by Crippen LogP contribution is -2.46. The fourth-order valence-corrected chi connectivity index (χ4v) is 1.87. The Morgan fingerprint density at radius 1 is 1.33 bits per heavy atom. The third-order valence-corrected chi connectivity index (χ3v) is 2.96. The largest absolute Gasteiger partial charge is 0.465 e. The summed E-state index contributed by atoms with van der Waals surface area (Å²) in [6.45, 7) is 2.90. The number of anilines is 1. The Hall–Kier alpha value is -2.11. The molecule has 1 aliphatic heterocycles. The lowest BCUT2D eigenvalue weighted by Gasteiger charge is -2.33. The van der Waals surface area contributed by atoms with Gasteiger partial charge in [-0.15, -0.1) is 0 Å². The van der Waals surface area contributed by atoms with Gasteiger partial charge in [-0.25, -0.2) is 9.78 Å². The molecule has 0 aromatic carbocycles. The van der Waals surface area contributed by atoms with Crippen molar-refractivity contribution >= 4 is 18.2 Å². The minimum absolute atomic E-state index is 0.389. The molecule has 0 saturated carbocycles. The zero-order chi connectivity index (χ0) is 13.0. The van der Waals surface area contributed by atoms with Gasteiger partial charge in [0, 0.05) is 32.4 Å². The highest BCUT2D eigenvalue weighted by Crippen LogP contribution is 2.13. The van der Waals surface area contributed by atoms with E-state index >= 15 is 0 Å². The first-order chi connectivity index (χ1) is 8.74. The molecular weight excluding hydrogens is 234 g/mol. The van der Waals surface area contributed by atoms with E-state index in [0.717, 1.165) is 25.3 Å². The SMILES string of the molecule is COC(=O)c1ccc(N2CCN(C=O)CC2)nc1. The van der Waals surface area contributed by atoms with Crippen molar-refractivity contribution in [2.24, 2.45) is 0 Å². The number of carbonyl (C=O) groups is 2. The van der Waals surface area contributed by atoms with Crippen molar-refractivity contribution < 1.29 is 14.3 Å². The molecular formula is C12H15N3O3. The predicted molar refractivity (Wildman–Crippen MR) is 65.4 cm³/mol. The maximum atomic E-state index is 11.3. The number of rotatable bonds is 3. The van der Waals surface area contributed by atoms with Gasteiger partial charge in [0.2, 0.25) is 6.41 Å². The van der Waals surface area contributed by atoms with Crippen LogP contribution >= 0.6 is 0 Å². The fourth-order valence-electron chi connectivity index (χ4n) is 1.87. The van der Waals surface area contributed by atoms with Crippen molar-refractivity contribution in [3.05, 3.63) is 23.9 Å². The third-order valence-electron chi connectivity index (χ3n) is 2.96. The number of aromatic nitrogens is 1. The molecule has 1 aromatic rings. The van der Waals surface area contributed by atoms with Crippen molar-refractivity contribution in [2.45, 2.75) is 0 Å². The Balaban J connectivity index is 2.02. The number of ether oxygens (including phenoxy) is 1. The zero-order valence-corrected chi connectivity index (χ0v) is 10.2. The molecule has 0 unspecified atom stereocenters. The molecule has 2 rings (SSSR count). The second kappa shape index (κ2) is 5.48. The maximum Gasteiger partial charge on any atom is 0.339 e. The summed E-state index contributed by atoms with van der Waals surface area (Å²) in [6, 6.07) is 3.49. The van der Waals surface area contributed by atoms with Gasteiger partial charge >= 0.3 is 5.97 Å². The summed E-state index contributed by atoms with van der Waals surface area (Å²) in [6.07, 6.45) is 2.37. The van der Waals surface area contributed by atoms with Gasteiger partial charge in [-0.2, -0.15) is 0 Å². The summed E-state index contributed by atoms with van der Waals surface area (Å²) in [5, 5.41) is 0. The van der Waals surface area contributed by atoms with Gasteiger partial charge in [0.05, 0.1) is 12.7 Å². The number of pyridine rings is 1.